The number of esters is 1. The molecule has 0 heterocycles. The number of hydrogen-bond acceptors (Lipinski definition) is 4. The van der Waals surface area contributed by atoms with Crippen molar-refractivity contribution in [2.75, 3.05) is 12.4 Å². The van der Waals surface area contributed by atoms with Crippen LogP contribution in [0.2, 0.25) is 0 Å². The zero-order valence-electron chi connectivity index (χ0n) is 11.8. The second kappa shape index (κ2) is 7.09. The van der Waals surface area contributed by atoms with Gasteiger partial charge in [0.05, 0.1) is 13.5 Å². The molecule has 0 saturated carbocycles. The largest absolute Gasteiger partial charge is 0.508 e. The van der Waals surface area contributed by atoms with Crippen molar-refractivity contribution in [3.8, 4) is 5.75 Å². The van der Waals surface area contributed by atoms with E-state index in [0.29, 0.717) is 21.3 Å². The lowest BCUT2D eigenvalue weighted by Crippen LogP contribution is -2.14. The molecule has 0 unspecified atom stereocenters. The molecular weight excluding hydrogens is 350 g/mol. The first-order valence-corrected chi connectivity index (χ1v) is 7.24. The molecule has 0 aliphatic heterocycles. The quantitative estimate of drug-likeness (QED) is 0.818. The summed E-state index contributed by atoms with van der Waals surface area (Å²) < 4.78 is 5.24. The van der Waals surface area contributed by atoms with Crippen LogP contribution in [-0.4, -0.2) is 24.1 Å². The van der Waals surface area contributed by atoms with Crippen LogP contribution >= 0.6 is 15.9 Å². The Kier molecular flexibility index (Phi) is 5.16. The van der Waals surface area contributed by atoms with Crippen LogP contribution in [0.1, 0.15) is 15.9 Å². The van der Waals surface area contributed by atoms with E-state index >= 15 is 0 Å². The Hall–Kier alpha value is -2.34. The molecule has 0 fully saturated rings. The van der Waals surface area contributed by atoms with Crippen LogP contribution in [0.5, 0.6) is 5.75 Å². The fourth-order valence-electron chi connectivity index (χ4n) is 1.92. The summed E-state index contributed by atoms with van der Waals surface area (Å²) in [6.45, 7) is 0. The van der Waals surface area contributed by atoms with Gasteiger partial charge in [0.2, 0.25) is 0 Å². The molecule has 22 heavy (non-hydrogen) atoms. The minimum absolute atomic E-state index is 0.0117. The van der Waals surface area contributed by atoms with Gasteiger partial charge in [-0.2, -0.15) is 0 Å². The molecule has 6 heteroatoms. The Balaban J connectivity index is 2.23. The van der Waals surface area contributed by atoms with E-state index in [0.717, 1.165) is 0 Å². The first-order valence-electron chi connectivity index (χ1n) is 6.45. The van der Waals surface area contributed by atoms with Crippen molar-refractivity contribution >= 4 is 33.5 Å². The molecule has 0 aromatic heterocycles. The van der Waals surface area contributed by atoms with Crippen LogP contribution in [-0.2, 0) is 16.0 Å². The lowest BCUT2D eigenvalue weighted by atomic mass is 10.1. The van der Waals surface area contributed by atoms with Gasteiger partial charge in [-0.3, -0.25) is 9.59 Å². The van der Waals surface area contributed by atoms with Crippen molar-refractivity contribution in [3.05, 3.63) is 58.1 Å². The number of halogens is 1. The van der Waals surface area contributed by atoms with E-state index in [1.54, 1.807) is 30.3 Å². The minimum atomic E-state index is -0.387. The van der Waals surface area contributed by atoms with Crippen LogP contribution in [0.15, 0.2) is 46.9 Å². The van der Waals surface area contributed by atoms with E-state index in [1.165, 1.54) is 19.2 Å². The molecule has 0 saturated heterocycles. The van der Waals surface area contributed by atoms with Gasteiger partial charge in [-0.1, -0.05) is 34.1 Å². The molecule has 0 bridgehead atoms. The van der Waals surface area contributed by atoms with Crippen molar-refractivity contribution < 1.29 is 19.4 Å². The molecule has 114 valence electrons. The highest BCUT2D eigenvalue weighted by Gasteiger charge is 2.12. The van der Waals surface area contributed by atoms with E-state index in [-0.39, 0.29) is 24.0 Å². The van der Waals surface area contributed by atoms with Crippen LogP contribution in [0, 0.1) is 0 Å². The summed E-state index contributed by atoms with van der Waals surface area (Å²) in [5.74, 6) is -0.780. The number of anilines is 1. The number of hydrogen-bond donors (Lipinski definition) is 2. The number of phenolic OH excluding ortho intramolecular Hbond substituents is 1. The highest BCUT2D eigenvalue weighted by Crippen LogP contribution is 2.22. The van der Waals surface area contributed by atoms with Crippen molar-refractivity contribution in [1.82, 2.24) is 0 Å². The summed E-state index contributed by atoms with van der Waals surface area (Å²) in [4.78, 5) is 23.7. The molecule has 1 amide bonds. The average molecular weight is 364 g/mol. The normalized spacial score (nSPS) is 10.1. The predicted molar refractivity (Wildman–Crippen MR) is 85.9 cm³/mol. The van der Waals surface area contributed by atoms with Crippen molar-refractivity contribution in [1.29, 1.82) is 0 Å². The Morgan fingerprint density at radius 2 is 1.95 bits per heavy atom. The number of phenols is 1. The number of ether oxygens (including phenoxy) is 1. The minimum Gasteiger partial charge on any atom is -0.508 e. The van der Waals surface area contributed by atoms with Crippen molar-refractivity contribution in [2.24, 2.45) is 0 Å². The Morgan fingerprint density at radius 3 is 2.64 bits per heavy atom. The third-order valence-corrected chi connectivity index (χ3v) is 3.43. The third kappa shape index (κ3) is 4.08. The standard InChI is InChI=1S/C16H14BrNO4/c1-22-15(20)8-10-4-2-3-5-14(10)18-16(21)11-6-12(17)9-13(19)7-11/h2-7,9,19H,8H2,1H3,(H,18,21). The fraction of sp³-hybridized carbons (Fsp3) is 0.125. The van der Waals surface area contributed by atoms with Crippen LogP contribution < -0.4 is 5.32 Å². The molecule has 0 atom stereocenters. The van der Waals surface area contributed by atoms with Crippen molar-refractivity contribution in [3.63, 3.8) is 0 Å². The molecule has 0 radical (unpaired) electrons. The number of carbonyl (C=O) groups is 2. The second-order valence-corrected chi connectivity index (χ2v) is 5.48. The number of methoxy groups -OCH3 is 1. The monoisotopic (exact) mass is 363 g/mol. The molecule has 2 aromatic rings. The fourth-order valence-corrected chi connectivity index (χ4v) is 2.40. The van der Waals surface area contributed by atoms with E-state index < -0.39 is 0 Å². The summed E-state index contributed by atoms with van der Waals surface area (Å²) in [5.41, 5.74) is 1.49. The van der Waals surface area contributed by atoms with Gasteiger partial charge in [0, 0.05) is 15.7 Å². The number of para-hydroxylation sites is 1. The zero-order chi connectivity index (χ0) is 16.1. The van der Waals surface area contributed by atoms with Crippen LogP contribution in [0.4, 0.5) is 5.69 Å². The molecule has 5 nitrogen and oxygen atoms in total. The molecule has 2 N–H and O–H groups in total. The maximum absolute atomic E-state index is 12.3. The molecule has 2 rings (SSSR count). The number of nitrogens with one attached hydrogen (secondary N) is 1. The topological polar surface area (TPSA) is 75.6 Å². The van der Waals surface area contributed by atoms with E-state index in [4.69, 9.17) is 0 Å². The smallest absolute Gasteiger partial charge is 0.310 e. The van der Waals surface area contributed by atoms with Gasteiger partial charge in [0.25, 0.3) is 5.91 Å². The first-order chi connectivity index (χ1) is 10.5. The lowest BCUT2D eigenvalue weighted by Gasteiger charge is -2.11. The molecular formula is C16H14BrNO4. The Morgan fingerprint density at radius 1 is 1.23 bits per heavy atom. The third-order valence-electron chi connectivity index (χ3n) is 2.97. The van der Waals surface area contributed by atoms with Gasteiger partial charge in [-0.15, -0.1) is 0 Å². The lowest BCUT2D eigenvalue weighted by molar-refractivity contribution is -0.139. The van der Waals surface area contributed by atoms with Crippen LogP contribution in [0.3, 0.4) is 0 Å². The maximum Gasteiger partial charge on any atom is 0.310 e. The van der Waals surface area contributed by atoms with Gasteiger partial charge in [-0.25, -0.2) is 0 Å². The molecule has 0 spiro atoms. The maximum atomic E-state index is 12.3. The van der Waals surface area contributed by atoms with Crippen LogP contribution in [0.25, 0.3) is 0 Å². The number of rotatable bonds is 4. The SMILES string of the molecule is COC(=O)Cc1ccccc1NC(=O)c1cc(O)cc(Br)c1. The Labute approximate surface area is 136 Å². The highest BCUT2D eigenvalue weighted by molar-refractivity contribution is 9.10. The predicted octanol–water partition coefficient (Wildman–Crippen LogP) is 3.12. The number of carbonyl (C=O) groups excluding carboxylic acids is 2. The van der Waals surface area contributed by atoms with Gasteiger partial charge in [0.1, 0.15) is 5.75 Å². The van der Waals surface area contributed by atoms with Gasteiger partial charge in [0.15, 0.2) is 0 Å². The summed E-state index contributed by atoms with van der Waals surface area (Å²) in [5, 5.41) is 12.3. The van der Waals surface area contributed by atoms with E-state index in [9.17, 15) is 14.7 Å². The number of aromatic hydroxyl groups is 1. The number of benzene rings is 2. The molecule has 2 aromatic carbocycles. The van der Waals surface area contributed by atoms with Crippen molar-refractivity contribution in [2.45, 2.75) is 6.42 Å². The van der Waals surface area contributed by atoms with E-state index in [2.05, 4.69) is 26.0 Å². The molecule has 0 aliphatic rings. The highest BCUT2D eigenvalue weighted by atomic mass is 79.9. The van der Waals surface area contributed by atoms with E-state index in [1.807, 2.05) is 0 Å². The zero-order valence-corrected chi connectivity index (χ0v) is 13.4. The first kappa shape index (κ1) is 16.0. The summed E-state index contributed by atoms with van der Waals surface area (Å²) in [6, 6.07) is 11.4. The summed E-state index contributed by atoms with van der Waals surface area (Å²) >= 11 is 3.22. The van der Waals surface area contributed by atoms with Gasteiger partial charge < -0.3 is 15.2 Å². The molecule has 0 aliphatic carbocycles. The Bertz CT molecular complexity index is 695. The second-order valence-electron chi connectivity index (χ2n) is 4.56. The number of amides is 1. The average Bonchev–Trinajstić information content (AvgIpc) is 2.48. The summed E-state index contributed by atoms with van der Waals surface area (Å²) in [6.07, 6.45) is 0.0662. The van der Waals surface area contributed by atoms with Gasteiger partial charge >= 0.3 is 5.97 Å². The van der Waals surface area contributed by atoms with Gasteiger partial charge in [-0.05, 0) is 29.8 Å². The summed E-state index contributed by atoms with van der Waals surface area (Å²) in [7, 11) is 1.31.